The number of nitro groups is 1. The number of non-ortho nitro benzene ring substituents is 1. The lowest BCUT2D eigenvalue weighted by atomic mass is 10.2. The zero-order valence-electron chi connectivity index (χ0n) is 11.1. The van der Waals surface area contributed by atoms with E-state index in [1.165, 1.54) is 18.2 Å². The van der Waals surface area contributed by atoms with E-state index in [0.717, 1.165) is 0 Å². The summed E-state index contributed by atoms with van der Waals surface area (Å²) in [6.07, 6.45) is 2.89. The van der Waals surface area contributed by atoms with Gasteiger partial charge in [0.05, 0.1) is 11.0 Å². The molecule has 2 N–H and O–H groups in total. The lowest BCUT2D eigenvalue weighted by molar-refractivity contribution is -0.384. The predicted octanol–water partition coefficient (Wildman–Crippen LogP) is 0.998. The Morgan fingerprint density at radius 1 is 1.43 bits per heavy atom. The van der Waals surface area contributed by atoms with Crippen LogP contribution in [0.15, 0.2) is 30.3 Å². The van der Waals surface area contributed by atoms with Crippen molar-refractivity contribution in [3.63, 3.8) is 0 Å². The van der Waals surface area contributed by atoms with Crippen LogP contribution in [0.2, 0.25) is 0 Å². The fourth-order valence-corrected chi connectivity index (χ4v) is 1.56. The first-order valence-corrected chi connectivity index (χ1v) is 6.02. The van der Waals surface area contributed by atoms with E-state index < -0.39 is 4.92 Å². The lowest BCUT2D eigenvalue weighted by Crippen LogP contribution is -2.25. The summed E-state index contributed by atoms with van der Waals surface area (Å²) in [7, 11) is 0. The maximum Gasteiger partial charge on any atom is 0.269 e. The number of nitro benzene ring substituents is 1. The van der Waals surface area contributed by atoms with Crippen molar-refractivity contribution >= 4 is 17.7 Å². The van der Waals surface area contributed by atoms with E-state index >= 15 is 0 Å². The van der Waals surface area contributed by atoms with Crippen molar-refractivity contribution in [3.8, 4) is 0 Å². The summed E-state index contributed by atoms with van der Waals surface area (Å²) in [6, 6.07) is 5.49. The number of carbonyl (C=O) groups is 1. The minimum atomic E-state index is -0.479. The van der Waals surface area contributed by atoms with Crippen LogP contribution in [0.1, 0.15) is 24.4 Å². The molecule has 1 amide bonds. The summed E-state index contributed by atoms with van der Waals surface area (Å²) in [5, 5.41) is 26.4. The Bertz CT molecular complexity index is 650. The normalized spacial score (nSPS) is 12.2. The van der Waals surface area contributed by atoms with Gasteiger partial charge >= 0.3 is 0 Å². The van der Waals surface area contributed by atoms with Gasteiger partial charge in [-0.3, -0.25) is 14.9 Å². The number of carbonyl (C=O) groups excluding carboxylic acids is 1. The van der Waals surface area contributed by atoms with E-state index in [2.05, 4.69) is 25.9 Å². The molecule has 0 fully saturated rings. The molecule has 108 valence electrons. The van der Waals surface area contributed by atoms with Crippen molar-refractivity contribution in [1.29, 1.82) is 0 Å². The van der Waals surface area contributed by atoms with Crippen molar-refractivity contribution < 1.29 is 9.72 Å². The molecule has 0 spiro atoms. The topological polar surface area (TPSA) is 127 Å². The molecule has 2 rings (SSSR count). The van der Waals surface area contributed by atoms with Crippen molar-refractivity contribution in [1.82, 2.24) is 25.9 Å². The average Bonchev–Trinajstić information content (AvgIpc) is 3.00. The molecule has 1 aromatic heterocycles. The molecule has 0 aliphatic heterocycles. The standard InChI is InChI=1S/C12H12N6O3/c1-8(12-14-16-17-15-12)13-11(19)7-4-9-2-5-10(6-3-9)18(20)21/h2-8H,1H3,(H,13,19)(H,14,15,16,17). The molecule has 0 radical (unpaired) electrons. The molecule has 1 aromatic carbocycles. The molecular formula is C12H12N6O3. The SMILES string of the molecule is CC(NC(=O)C=Cc1ccc([N+](=O)[O-])cc1)c1nn[nH]n1. The number of H-pyrrole nitrogens is 1. The van der Waals surface area contributed by atoms with Crippen LogP contribution < -0.4 is 5.32 Å². The predicted molar refractivity (Wildman–Crippen MR) is 72.9 cm³/mol. The number of hydrogen-bond donors (Lipinski definition) is 2. The van der Waals surface area contributed by atoms with Gasteiger partial charge in [0, 0.05) is 18.2 Å². The van der Waals surface area contributed by atoms with Crippen LogP contribution in [-0.2, 0) is 4.79 Å². The van der Waals surface area contributed by atoms with Crippen LogP contribution in [0.4, 0.5) is 5.69 Å². The zero-order chi connectivity index (χ0) is 15.2. The molecule has 2 aromatic rings. The van der Waals surface area contributed by atoms with E-state index in [0.29, 0.717) is 11.4 Å². The summed E-state index contributed by atoms with van der Waals surface area (Å²) < 4.78 is 0. The first-order valence-electron chi connectivity index (χ1n) is 6.02. The molecule has 0 bridgehead atoms. The van der Waals surface area contributed by atoms with E-state index in [1.54, 1.807) is 25.1 Å². The number of aromatic amines is 1. The van der Waals surface area contributed by atoms with Gasteiger partial charge in [-0.1, -0.05) is 5.21 Å². The molecule has 9 nitrogen and oxygen atoms in total. The quantitative estimate of drug-likeness (QED) is 0.480. The minimum Gasteiger partial charge on any atom is -0.343 e. The van der Waals surface area contributed by atoms with Gasteiger partial charge < -0.3 is 5.32 Å². The first kappa shape index (κ1) is 14.3. The van der Waals surface area contributed by atoms with Gasteiger partial charge in [-0.15, -0.1) is 10.2 Å². The number of amides is 1. The summed E-state index contributed by atoms with van der Waals surface area (Å²) >= 11 is 0. The molecule has 1 unspecified atom stereocenters. The second kappa shape index (κ2) is 6.37. The van der Waals surface area contributed by atoms with Crippen LogP contribution in [0.25, 0.3) is 6.08 Å². The molecule has 0 saturated heterocycles. The zero-order valence-corrected chi connectivity index (χ0v) is 11.1. The number of nitrogens with one attached hydrogen (secondary N) is 2. The Balaban J connectivity index is 1.94. The molecule has 0 saturated carbocycles. The summed E-state index contributed by atoms with van der Waals surface area (Å²) in [4.78, 5) is 21.7. The number of rotatable bonds is 5. The molecule has 9 heteroatoms. The highest BCUT2D eigenvalue weighted by Gasteiger charge is 2.11. The second-order valence-corrected chi connectivity index (χ2v) is 4.18. The van der Waals surface area contributed by atoms with Crippen LogP contribution in [0.3, 0.4) is 0 Å². The smallest absolute Gasteiger partial charge is 0.269 e. The first-order chi connectivity index (χ1) is 10.1. The van der Waals surface area contributed by atoms with E-state index in [9.17, 15) is 14.9 Å². The van der Waals surface area contributed by atoms with Crippen molar-refractivity contribution in [3.05, 3.63) is 51.8 Å². The molecule has 0 aliphatic carbocycles. The van der Waals surface area contributed by atoms with Crippen molar-refractivity contribution in [2.24, 2.45) is 0 Å². The van der Waals surface area contributed by atoms with Crippen molar-refractivity contribution in [2.45, 2.75) is 13.0 Å². The summed E-state index contributed by atoms with van der Waals surface area (Å²) in [6.45, 7) is 1.72. The third kappa shape index (κ3) is 3.93. The van der Waals surface area contributed by atoms with Gasteiger partial charge in [0.25, 0.3) is 5.69 Å². The van der Waals surface area contributed by atoms with Crippen LogP contribution >= 0.6 is 0 Å². The Morgan fingerprint density at radius 2 is 2.14 bits per heavy atom. The monoisotopic (exact) mass is 288 g/mol. The minimum absolute atomic E-state index is 0.00216. The lowest BCUT2D eigenvalue weighted by Gasteiger charge is -2.06. The van der Waals surface area contributed by atoms with Gasteiger partial charge in [0.2, 0.25) is 5.91 Å². The van der Waals surface area contributed by atoms with E-state index in [-0.39, 0.29) is 17.6 Å². The van der Waals surface area contributed by atoms with E-state index in [1.807, 2.05) is 0 Å². The largest absolute Gasteiger partial charge is 0.343 e. The molecule has 0 aliphatic rings. The number of nitrogens with zero attached hydrogens (tertiary/aromatic N) is 4. The van der Waals surface area contributed by atoms with Gasteiger partial charge in [-0.05, 0) is 30.7 Å². The van der Waals surface area contributed by atoms with Gasteiger partial charge in [0.1, 0.15) is 0 Å². The van der Waals surface area contributed by atoms with Crippen LogP contribution in [0, 0.1) is 10.1 Å². The Hall–Kier alpha value is -3.10. The van der Waals surface area contributed by atoms with Crippen molar-refractivity contribution in [2.75, 3.05) is 0 Å². The number of aromatic nitrogens is 4. The fourth-order valence-electron chi connectivity index (χ4n) is 1.56. The highest BCUT2D eigenvalue weighted by atomic mass is 16.6. The molecule has 1 heterocycles. The van der Waals surface area contributed by atoms with E-state index in [4.69, 9.17) is 0 Å². The van der Waals surface area contributed by atoms with Gasteiger partial charge in [-0.2, -0.15) is 5.21 Å². The number of tetrazole rings is 1. The molecule has 1 atom stereocenters. The maximum absolute atomic E-state index is 11.7. The maximum atomic E-state index is 11.7. The highest BCUT2D eigenvalue weighted by Crippen LogP contribution is 2.12. The fraction of sp³-hybridized carbons (Fsp3) is 0.167. The molecule has 21 heavy (non-hydrogen) atoms. The third-order valence-electron chi connectivity index (χ3n) is 2.64. The average molecular weight is 288 g/mol. The highest BCUT2D eigenvalue weighted by molar-refractivity contribution is 5.91. The Labute approximate surface area is 119 Å². The van der Waals surface area contributed by atoms with Gasteiger partial charge in [0.15, 0.2) is 5.82 Å². The Kier molecular flexibility index (Phi) is 4.34. The second-order valence-electron chi connectivity index (χ2n) is 4.18. The Morgan fingerprint density at radius 3 is 2.71 bits per heavy atom. The third-order valence-corrected chi connectivity index (χ3v) is 2.64. The number of hydrogen-bond acceptors (Lipinski definition) is 6. The van der Waals surface area contributed by atoms with Gasteiger partial charge in [-0.25, -0.2) is 0 Å². The number of benzene rings is 1. The molecular weight excluding hydrogens is 276 g/mol. The van der Waals surface area contributed by atoms with Crippen LogP contribution in [0.5, 0.6) is 0 Å². The summed E-state index contributed by atoms with van der Waals surface area (Å²) in [5.74, 6) is 0.0535. The van der Waals surface area contributed by atoms with Crippen LogP contribution in [-0.4, -0.2) is 31.5 Å². The summed E-state index contributed by atoms with van der Waals surface area (Å²) in [5.41, 5.74) is 0.685.